The molecule has 6 aromatic carbocycles. The Hall–Kier alpha value is -4.88. The number of hydrogen-bond donors (Lipinski definition) is 0. The largest absolute Gasteiger partial charge is 0.462 e. The minimum Gasteiger partial charge on any atom is -0.462 e. The molecule has 56 heavy (non-hydrogen) atoms. The topological polar surface area (TPSA) is 52.6 Å². The number of fused-ring (bicyclic) bond motifs is 2. The number of aryl methyl sites for hydroxylation is 2. The zero-order valence-electron chi connectivity index (χ0n) is 32.3. The van der Waals surface area contributed by atoms with Gasteiger partial charge in [0.25, 0.3) is 0 Å². The van der Waals surface area contributed by atoms with Crippen LogP contribution in [0.2, 0.25) is 0 Å². The van der Waals surface area contributed by atoms with E-state index < -0.39 is 15.8 Å². The van der Waals surface area contributed by atoms with E-state index in [-0.39, 0.29) is 25.2 Å². The van der Waals surface area contributed by atoms with E-state index in [4.69, 9.17) is 9.47 Å². The summed E-state index contributed by atoms with van der Waals surface area (Å²) in [6.45, 7) is 4.34. The molecule has 2 aliphatic carbocycles. The molecule has 0 unspecified atom stereocenters. The first-order valence-electron chi connectivity index (χ1n) is 20.1. The first-order chi connectivity index (χ1) is 27.6. The molecule has 0 aromatic heterocycles. The van der Waals surface area contributed by atoms with Gasteiger partial charge in [-0.05, 0) is 148 Å². The molecule has 0 radical (unpaired) electrons. The van der Waals surface area contributed by atoms with E-state index in [2.05, 4.69) is 133 Å². The van der Waals surface area contributed by atoms with Crippen molar-refractivity contribution in [2.24, 2.45) is 0 Å². The molecule has 6 heteroatoms. The summed E-state index contributed by atoms with van der Waals surface area (Å²) in [7, 11) is -2.53. The Labute approximate surface area is 333 Å². The highest BCUT2D eigenvalue weighted by atomic mass is 31.1. The summed E-state index contributed by atoms with van der Waals surface area (Å²) in [5.41, 5.74) is 8.62. The molecule has 0 atom stereocenters. The van der Waals surface area contributed by atoms with Crippen LogP contribution in [-0.4, -0.2) is 25.2 Å². The Morgan fingerprint density at radius 1 is 0.464 bits per heavy atom. The molecule has 8 rings (SSSR count). The lowest BCUT2D eigenvalue weighted by Crippen LogP contribution is -2.34. The lowest BCUT2D eigenvalue weighted by Gasteiger charge is -2.35. The Kier molecular flexibility index (Phi) is 11.9. The second-order valence-electron chi connectivity index (χ2n) is 14.4. The molecule has 4 nitrogen and oxygen atoms in total. The van der Waals surface area contributed by atoms with E-state index in [0.29, 0.717) is 11.1 Å². The highest BCUT2D eigenvalue weighted by Crippen LogP contribution is 2.48. The van der Waals surface area contributed by atoms with Crippen LogP contribution in [0.25, 0.3) is 11.1 Å². The standard InChI is InChI=1S/C50H48O4P2/c1-3-53-49(51)43-33-35-21-17-19-31-41(35)45(47(43)55(37-23-9-5-10-24-37)38-25-11-6-12-26-38)46-42-32-20-18-22-36(42)34-44(50(52)54-4-2)48(46)56(39-27-13-7-14-28-39)40-29-15-8-16-30-40/h5-16,23-30,33-34H,3-4,17-22,31-32H2,1-2H3. The van der Waals surface area contributed by atoms with Gasteiger partial charge >= 0.3 is 11.9 Å². The summed E-state index contributed by atoms with van der Waals surface area (Å²) in [4.78, 5) is 29.3. The molecule has 0 spiro atoms. The maximum atomic E-state index is 14.6. The van der Waals surface area contributed by atoms with Crippen molar-refractivity contribution in [2.45, 2.75) is 65.2 Å². The normalized spacial score (nSPS) is 13.6. The van der Waals surface area contributed by atoms with Crippen LogP contribution in [0.3, 0.4) is 0 Å². The van der Waals surface area contributed by atoms with Gasteiger partial charge in [0.2, 0.25) is 0 Å². The van der Waals surface area contributed by atoms with Crippen LogP contribution >= 0.6 is 15.8 Å². The van der Waals surface area contributed by atoms with Gasteiger partial charge in [-0.15, -0.1) is 0 Å². The van der Waals surface area contributed by atoms with Crippen LogP contribution in [0.1, 0.15) is 82.5 Å². The van der Waals surface area contributed by atoms with Crippen LogP contribution in [-0.2, 0) is 35.2 Å². The van der Waals surface area contributed by atoms with Crippen molar-refractivity contribution >= 4 is 59.6 Å². The van der Waals surface area contributed by atoms with Gasteiger partial charge in [-0.2, -0.15) is 0 Å². The fourth-order valence-corrected chi connectivity index (χ4v) is 13.9. The van der Waals surface area contributed by atoms with Gasteiger partial charge in [-0.3, -0.25) is 0 Å². The van der Waals surface area contributed by atoms with Crippen LogP contribution in [0, 0.1) is 0 Å². The fraction of sp³-hybridized carbons (Fsp3) is 0.240. The molecule has 6 aromatic rings. The smallest absolute Gasteiger partial charge is 0.338 e. The molecule has 0 fully saturated rings. The number of hydrogen-bond acceptors (Lipinski definition) is 4. The highest BCUT2D eigenvalue weighted by molar-refractivity contribution is 7.81. The predicted octanol–water partition coefficient (Wildman–Crippen LogP) is 8.98. The monoisotopic (exact) mass is 774 g/mol. The summed E-state index contributed by atoms with van der Waals surface area (Å²) in [6.07, 6.45) is 7.85. The van der Waals surface area contributed by atoms with Crippen molar-refractivity contribution < 1.29 is 19.1 Å². The first kappa shape index (κ1) is 38.0. The SMILES string of the molecule is CCOC(=O)c1cc2c(c(-c3c4c(cc(C(=O)OCC)c3P(c3ccccc3)c3ccccc3)CCCC4)c1P(c1ccccc1)c1ccccc1)CCCC2. The maximum absolute atomic E-state index is 14.6. The van der Waals surface area contributed by atoms with Gasteiger partial charge in [-0.1, -0.05) is 121 Å². The summed E-state index contributed by atoms with van der Waals surface area (Å²) in [5.74, 6) is -0.580. The Morgan fingerprint density at radius 3 is 1.07 bits per heavy atom. The van der Waals surface area contributed by atoms with Crippen molar-refractivity contribution in [3.8, 4) is 11.1 Å². The van der Waals surface area contributed by atoms with Crippen molar-refractivity contribution in [1.29, 1.82) is 0 Å². The van der Waals surface area contributed by atoms with Gasteiger partial charge < -0.3 is 9.47 Å². The highest BCUT2D eigenvalue weighted by Gasteiger charge is 2.37. The second kappa shape index (κ2) is 17.5. The van der Waals surface area contributed by atoms with E-state index >= 15 is 0 Å². The number of carbonyl (C=O) groups excluding carboxylic acids is 2. The number of benzene rings is 6. The molecule has 282 valence electrons. The summed E-state index contributed by atoms with van der Waals surface area (Å²) in [6, 6.07) is 47.1. The molecule has 0 bridgehead atoms. The summed E-state index contributed by atoms with van der Waals surface area (Å²) in [5, 5.41) is 6.73. The van der Waals surface area contributed by atoms with Crippen LogP contribution in [0.5, 0.6) is 0 Å². The zero-order chi connectivity index (χ0) is 38.4. The van der Waals surface area contributed by atoms with Gasteiger partial charge in [0.15, 0.2) is 0 Å². The average Bonchev–Trinajstić information content (AvgIpc) is 3.25. The average molecular weight is 775 g/mol. The fourth-order valence-electron chi connectivity index (χ4n) is 8.64. The molecule has 2 aliphatic rings. The van der Waals surface area contributed by atoms with Gasteiger partial charge in [0.05, 0.1) is 24.3 Å². The molecule has 0 heterocycles. The lowest BCUT2D eigenvalue weighted by atomic mass is 9.79. The van der Waals surface area contributed by atoms with Crippen LogP contribution in [0.4, 0.5) is 0 Å². The van der Waals surface area contributed by atoms with Gasteiger partial charge in [0.1, 0.15) is 0 Å². The maximum Gasteiger partial charge on any atom is 0.338 e. The third kappa shape index (κ3) is 7.50. The third-order valence-electron chi connectivity index (χ3n) is 11.0. The Morgan fingerprint density at radius 2 is 0.768 bits per heavy atom. The molecule has 0 amide bonds. The molecule has 0 aliphatic heterocycles. The number of rotatable bonds is 11. The molecule has 0 N–H and O–H groups in total. The minimum atomic E-state index is -1.26. The molecule has 0 saturated carbocycles. The minimum absolute atomic E-state index is 0.283. The number of ether oxygens (including phenoxy) is 2. The molecular formula is C50H48O4P2. The van der Waals surface area contributed by atoms with Crippen molar-refractivity contribution in [1.82, 2.24) is 0 Å². The lowest BCUT2D eigenvalue weighted by molar-refractivity contribution is 0.0518. The predicted molar refractivity (Wildman–Crippen MR) is 234 cm³/mol. The van der Waals surface area contributed by atoms with E-state index in [1.54, 1.807) is 0 Å². The van der Waals surface area contributed by atoms with Crippen molar-refractivity contribution in [3.63, 3.8) is 0 Å². The van der Waals surface area contributed by atoms with Gasteiger partial charge in [-0.25, -0.2) is 9.59 Å². The number of carbonyl (C=O) groups is 2. The van der Waals surface area contributed by atoms with Crippen LogP contribution in [0.15, 0.2) is 133 Å². The quantitative estimate of drug-likeness (QED) is 0.0975. The van der Waals surface area contributed by atoms with E-state index in [9.17, 15) is 9.59 Å². The Balaban J connectivity index is 1.61. The van der Waals surface area contributed by atoms with E-state index in [0.717, 1.165) is 73.1 Å². The third-order valence-corrected chi connectivity index (χ3v) is 16.1. The van der Waals surface area contributed by atoms with Crippen molar-refractivity contribution in [3.05, 3.63) is 167 Å². The van der Waals surface area contributed by atoms with Crippen molar-refractivity contribution in [2.75, 3.05) is 13.2 Å². The second-order valence-corrected chi connectivity index (χ2v) is 18.7. The molecule has 0 saturated heterocycles. The Bertz CT molecular complexity index is 2080. The summed E-state index contributed by atoms with van der Waals surface area (Å²) >= 11 is 0. The van der Waals surface area contributed by atoms with E-state index in [1.807, 2.05) is 13.8 Å². The summed E-state index contributed by atoms with van der Waals surface area (Å²) < 4.78 is 12.0. The van der Waals surface area contributed by atoms with Crippen LogP contribution < -0.4 is 31.8 Å². The van der Waals surface area contributed by atoms with E-state index in [1.165, 1.54) is 43.5 Å². The zero-order valence-corrected chi connectivity index (χ0v) is 34.1. The first-order valence-corrected chi connectivity index (χ1v) is 22.8. The van der Waals surface area contributed by atoms with Gasteiger partial charge in [0, 0.05) is 10.6 Å². The number of esters is 2. The molecular weight excluding hydrogens is 726 g/mol.